The molecule has 1 unspecified atom stereocenters. The molecule has 0 radical (unpaired) electrons. The maximum Gasteiger partial charge on any atom is 0.257 e. The number of aromatic hydroxyl groups is 1. The second-order valence-electron chi connectivity index (χ2n) is 6.38. The summed E-state index contributed by atoms with van der Waals surface area (Å²) in [5.41, 5.74) is 11.2. The number of nitrogens with two attached hydrogens (primary N) is 2. The number of benzene rings is 1. The minimum Gasteiger partial charge on any atom is -0.507 e. The van der Waals surface area contributed by atoms with Crippen molar-refractivity contribution in [1.82, 2.24) is 5.32 Å². The minimum atomic E-state index is -0.546. The largest absolute Gasteiger partial charge is 0.507 e. The summed E-state index contributed by atoms with van der Waals surface area (Å²) >= 11 is 0. The van der Waals surface area contributed by atoms with Crippen molar-refractivity contribution in [2.45, 2.75) is 19.3 Å². The number of hydrogen-bond donors (Lipinski definition) is 4. The summed E-state index contributed by atoms with van der Waals surface area (Å²) in [6, 6.07) is 4.23. The number of carbonyl (C=O) groups excluding carboxylic acids is 3. The molecule has 0 bridgehead atoms. The number of fused-ring (bicyclic) bond motifs is 1. The van der Waals surface area contributed by atoms with Gasteiger partial charge in [-0.25, -0.2) is 0 Å². The van der Waals surface area contributed by atoms with E-state index in [4.69, 9.17) is 16.2 Å². The second kappa shape index (κ2) is 9.84. The van der Waals surface area contributed by atoms with Gasteiger partial charge in [-0.15, -0.1) is 0 Å². The molecule has 0 saturated heterocycles. The predicted molar refractivity (Wildman–Crippen MR) is 99.3 cm³/mol. The van der Waals surface area contributed by atoms with Crippen LogP contribution in [0.15, 0.2) is 30.0 Å². The van der Waals surface area contributed by atoms with Crippen LogP contribution in [0.2, 0.25) is 0 Å². The Morgan fingerprint density at radius 1 is 1.22 bits per heavy atom. The van der Waals surface area contributed by atoms with Gasteiger partial charge in [-0.3, -0.25) is 14.4 Å². The lowest BCUT2D eigenvalue weighted by Gasteiger charge is -2.18. The number of nitrogens with one attached hydrogen (secondary N) is 1. The highest BCUT2D eigenvalue weighted by molar-refractivity contribution is 6.24. The number of rotatable bonds is 10. The molecule has 0 spiro atoms. The van der Waals surface area contributed by atoms with Crippen molar-refractivity contribution in [3.05, 3.63) is 41.2 Å². The number of ketones is 2. The molecule has 2 rings (SSSR count). The normalized spacial score (nSPS) is 14.4. The summed E-state index contributed by atoms with van der Waals surface area (Å²) in [6.07, 6.45) is 3.72. The molecular weight excluding hydrogens is 350 g/mol. The molecule has 6 N–H and O–H groups in total. The second-order valence-corrected chi connectivity index (χ2v) is 6.38. The summed E-state index contributed by atoms with van der Waals surface area (Å²) in [4.78, 5) is 36.4. The average Bonchev–Trinajstić information content (AvgIpc) is 2.66. The smallest absolute Gasteiger partial charge is 0.257 e. The highest BCUT2D eigenvalue weighted by Crippen LogP contribution is 2.28. The Morgan fingerprint density at radius 3 is 2.70 bits per heavy atom. The molecule has 0 aromatic heterocycles. The maximum absolute atomic E-state index is 12.4. The van der Waals surface area contributed by atoms with Crippen LogP contribution in [0.5, 0.6) is 5.75 Å². The van der Waals surface area contributed by atoms with Gasteiger partial charge in [0, 0.05) is 18.2 Å². The molecule has 8 heteroatoms. The molecule has 1 atom stereocenters. The molecule has 0 aliphatic heterocycles. The Morgan fingerprint density at radius 2 is 2.00 bits per heavy atom. The number of hydrogen-bond acceptors (Lipinski definition) is 7. The van der Waals surface area contributed by atoms with Crippen LogP contribution in [0.25, 0.3) is 0 Å². The van der Waals surface area contributed by atoms with Gasteiger partial charge in [0.2, 0.25) is 5.78 Å². The zero-order valence-corrected chi connectivity index (χ0v) is 15.1. The van der Waals surface area contributed by atoms with Gasteiger partial charge in [-0.2, -0.15) is 0 Å². The van der Waals surface area contributed by atoms with Gasteiger partial charge in [0.1, 0.15) is 5.75 Å². The van der Waals surface area contributed by atoms with Gasteiger partial charge in [-0.05, 0) is 44.0 Å². The number of Topliss-reactive ketones (excluding diaryl/α,β-unsaturated/α-hetero) is 1. The molecular formula is C19H25N3O5. The van der Waals surface area contributed by atoms with E-state index in [1.54, 1.807) is 0 Å². The van der Waals surface area contributed by atoms with E-state index in [1.165, 1.54) is 18.2 Å². The summed E-state index contributed by atoms with van der Waals surface area (Å²) < 4.78 is 5.24. The van der Waals surface area contributed by atoms with Crippen LogP contribution >= 0.6 is 0 Å². The van der Waals surface area contributed by atoms with Crippen LogP contribution in [-0.4, -0.2) is 48.8 Å². The van der Waals surface area contributed by atoms with Crippen molar-refractivity contribution >= 4 is 17.5 Å². The van der Waals surface area contributed by atoms with E-state index < -0.39 is 17.5 Å². The van der Waals surface area contributed by atoms with Gasteiger partial charge in [0.05, 0.1) is 5.56 Å². The highest BCUT2D eigenvalue weighted by Gasteiger charge is 2.29. The summed E-state index contributed by atoms with van der Waals surface area (Å²) in [7, 11) is 0. The third-order valence-corrected chi connectivity index (χ3v) is 4.37. The number of allylic oxidation sites excluding steroid dienone is 2. The third-order valence-electron chi connectivity index (χ3n) is 4.37. The summed E-state index contributed by atoms with van der Waals surface area (Å²) in [5, 5.41) is 12.5. The standard InChI is InChI=1S/C19H25N3O5/c20-7-2-1-4-12(9-21)10-22-17(25)11-27-16-8-15(24)18-13(19(16)26)5-3-6-14(18)23/h3,5-6,8,12,23H,1-2,4,7,9-11,20-21H2,(H,22,25). The Kier molecular flexibility index (Phi) is 7.51. The Hall–Kier alpha value is -2.71. The molecule has 0 saturated carbocycles. The zero-order chi connectivity index (χ0) is 19.8. The van der Waals surface area contributed by atoms with Gasteiger partial charge < -0.3 is 26.6 Å². The Bertz CT molecular complexity index is 745. The lowest BCUT2D eigenvalue weighted by atomic mass is 9.93. The van der Waals surface area contributed by atoms with Crippen LogP contribution in [0, 0.1) is 5.92 Å². The summed E-state index contributed by atoms with van der Waals surface area (Å²) in [5.74, 6) is -1.83. The van der Waals surface area contributed by atoms with Gasteiger partial charge in [0.15, 0.2) is 18.1 Å². The zero-order valence-electron chi connectivity index (χ0n) is 15.1. The first kappa shape index (κ1) is 20.6. The minimum absolute atomic E-state index is 0.0532. The average molecular weight is 375 g/mol. The fourth-order valence-corrected chi connectivity index (χ4v) is 2.82. The van der Waals surface area contributed by atoms with E-state index >= 15 is 0 Å². The maximum atomic E-state index is 12.4. The van der Waals surface area contributed by atoms with E-state index in [2.05, 4.69) is 5.32 Å². The van der Waals surface area contributed by atoms with Crippen LogP contribution in [0.3, 0.4) is 0 Å². The molecule has 27 heavy (non-hydrogen) atoms. The number of phenols is 1. The van der Waals surface area contributed by atoms with Crippen molar-refractivity contribution in [3.63, 3.8) is 0 Å². The fraction of sp³-hybridized carbons (Fsp3) is 0.421. The number of amides is 1. The molecule has 146 valence electrons. The fourth-order valence-electron chi connectivity index (χ4n) is 2.82. The Labute approximate surface area is 157 Å². The Balaban J connectivity index is 1.87. The van der Waals surface area contributed by atoms with Crippen LogP contribution < -0.4 is 16.8 Å². The highest BCUT2D eigenvalue weighted by atomic mass is 16.5. The predicted octanol–water partition coefficient (Wildman–Crippen LogP) is 0.492. The van der Waals surface area contributed by atoms with E-state index in [-0.39, 0.29) is 35.2 Å². The van der Waals surface area contributed by atoms with Crippen LogP contribution in [0.4, 0.5) is 0 Å². The number of phenolic OH excluding ortho intramolecular Hbond substituents is 1. The van der Waals surface area contributed by atoms with Gasteiger partial charge >= 0.3 is 0 Å². The molecule has 0 heterocycles. The van der Waals surface area contributed by atoms with Crippen LogP contribution in [-0.2, 0) is 9.53 Å². The monoisotopic (exact) mass is 375 g/mol. The van der Waals surface area contributed by atoms with E-state index in [1.807, 2.05) is 0 Å². The topological polar surface area (TPSA) is 145 Å². The van der Waals surface area contributed by atoms with Crippen molar-refractivity contribution in [2.24, 2.45) is 17.4 Å². The number of unbranched alkanes of at least 4 members (excludes halogenated alkanes) is 1. The molecule has 1 aromatic carbocycles. The first-order chi connectivity index (χ1) is 13.0. The molecule has 0 fully saturated rings. The first-order valence-electron chi connectivity index (χ1n) is 8.90. The number of carbonyl (C=O) groups is 3. The summed E-state index contributed by atoms with van der Waals surface area (Å²) in [6.45, 7) is 1.09. The SMILES string of the molecule is NCCCCC(CN)CNC(=O)COC1=CC(=O)c2c(O)cccc2C1=O. The first-order valence-corrected chi connectivity index (χ1v) is 8.90. The van der Waals surface area contributed by atoms with Crippen molar-refractivity contribution in [3.8, 4) is 5.75 Å². The van der Waals surface area contributed by atoms with Crippen molar-refractivity contribution in [2.75, 3.05) is 26.2 Å². The van der Waals surface area contributed by atoms with Gasteiger partial charge in [-0.1, -0.05) is 12.5 Å². The molecule has 8 nitrogen and oxygen atoms in total. The van der Waals surface area contributed by atoms with E-state index in [9.17, 15) is 19.5 Å². The molecule has 1 aliphatic rings. The lowest BCUT2D eigenvalue weighted by Crippen LogP contribution is -2.35. The molecule has 1 aromatic rings. The third kappa shape index (κ3) is 5.38. The van der Waals surface area contributed by atoms with Crippen LogP contribution in [0.1, 0.15) is 40.0 Å². The lowest BCUT2D eigenvalue weighted by molar-refractivity contribution is -0.124. The molecule has 1 amide bonds. The van der Waals surface area contributed by atoms with E-state index in [0.717, 1.165) is 25.3 Å². The number of ether oxygens (including phenoxy) is 1. The quantitative estimate of drug-likeness (QED) is 0.436. The molecule has 1 aliphatic carbocycles. The van der Waals surface area contributed by atoms with E-state index in [0.29, 0.717) is 19.6 Å². The van der Waals surface area contributed by atoms with Crippen molar-refractivity contribution in [1.29, 1.82) is 0 Å². The van der Waals surface area contributed by atoms with Gasteiger partial charge in [0.25, 0.3) is 5.91 Å². The van der Waals surface area contributed by atoms with Crippen molar-refractivity contribution < 1.29 is 24.2 Å².